The highest BCUT2D eigenvalue weighted by atomic mass is 19.2. The number of hydrogen-bond donors (Lipinski definition) is 1. The minimum absolute atomic E-state index is 0.469. The fraction of sp³-hybridized carbons (Fsp3) is 0.0833. The third kappa shape index (κ3) is 2.34. The Balaban J connectivity index is 2.24. The molecule has 1 heterocycles. The van der Waals surface area contributed by atoms with Crippen molar-refractivity contribution in [3.05, 3.63) is 53.7 Å². The van der Waals surface area contributed by atoms with Crippen molar-refractivity contribution >= 4 is 11.5 Å². The highest BCUT2D eigenvalue weighted by Gasteiger charge is 2.02. The first-order chi connectivity index (χ1) is 7.65. The van der Waals surface area contributed by atoms with E-state index in [1.54, 1.807) is 6.20 Å². The number of anilines is 2. The highest BCUT2D eigenvalue weighted by molar-refractivity contribution is 5.56. The van der Waals surface area contributed by atoms with E-state index < -0.39 is 11.6 Å². The molecule has 0 aliphatic heterocycles. The standard InChI is InChI=1S/C12H10F2N2/c1-8-4-5-15-12(6-8)16-9-2-3-10(13)11(14)7-9/h2-7H,1H3,(H,15,16). The zero-order chi connectivity index (χ0) is 11.5. The molecule has 0 atom stereocenters. The molecule has 82 valence electrons. The second-order valence-electron chi connectivity index (χ2n) is 3.47. The molecule has 0 saturated carbocycles. The summed E-state index contributed by atoms with van der Waals surface area (Å²) in [4.78, 5) is 4.06. The molecular weight excluding hydrogens is 210 g/mol. The first-order valence-corrected chi connectivity index (χ1v) is 4.80. The minimum atomic E-state index is -0.877. The Labute approximate surface area is 92.0 Å². The molecule has 0 saturated heterocycles. The molecule has 0 spiro atoms. The summed E-state index contributed by atoms with van der Waals surface area (Å²) in [5, 5.41) is 2.90. The summed E-state index contributed by atoms with van der Waals surface area (Å²) in [6, 6.07) is 7.31. The number of rotatable bonds is 2. The molecule has 0 radical (unpaired) electrons. The van der Waals surface area contributed by atoms with Gasteiger partial charge in [-0.05, 0) is 36.8 Å². The van der Waals surface area contributed by atoms with Gasteiger partial charge in [-0.1, -0.05) is 0 Å². The molecule has 0 aliphatic carbocycles. The van der Waals surface area contributed by atoms with Gasteiger partial charge in [0.2, 0.25) is 0 Å². The van der Waals surface area contributed by atoms with E-state index in [9.17, 15) is 8.78 Å². The third-order valence-electron chi connectivity index (χ3n) is 2.11. The van der Waals surface area contributed by atoms with Crippen molar-refractivity contribution in [1.29, 1.82) is 0 Å². The Morgan fingerprint density at radius 1 is 1.06 bits per heavy atom. The lowest BCUT2D eigenvalue weighted by Crippen LogP contribution is -1.95. The summed E-state index contributed by atoms with van der Waals surface area (Å²) < 4.78 is 25.6. The van der Waals surface area contributed by atoms with Crippen LogP contribution in [0.1, 0.15) is 5.56 Å². The lowest BCUT2D eigenvalue weighted by atomic mass is 10.2. The second-order valence-corrected chi connectivity index (χ2v) is 3.47. The largest absolute Gasteiger partial charge is 0.340 e. The van der Waals surface area contributed by atoms with Gasteiger partial charge in [0, 0.05) is 18.0 Å². The van der Waals surface area contributed by atoms with Crippen LogP contribution in [-0.4, -0.2) is 4.98 Å². The number of nitrogens with zero attached hydrogens (tertiary/aromatic N) is 1. The summed E-state index contributed by atoms with van der Waals surface area (Å²) in [6.45, 7) is 1.93. The first kappa shape index (κ1) is 10.5. The zero-order valence-electron chi connectivity index (χ0n) is 8.67. The third-order valence-corrected chi connectivity index (χ3v) is 2.11. The van der Waals surface area contributed by atoms with Gasteiger partial charge in [0.05, 0.1) is 0 Å². The van der Waals surface area contributed by atoms with E-state index in [0.717, 1.165) is 17.7 Å². The van der Waals surface area contributed by atoms with Crippen LogP contribution in [0.3, 0.4) is 0 Å². The van der Waals surface area contributed by atoms with Gasteiger partial charge in [0.15, 0.2) is 11.6 Å². The molecule has 0 unspecified atom stereocenters. The lowest BCUT2D eigenvalue weighted by molar-refractivity contribution is 0.509. The van der Waals surface area contributed by atoms with Crippen molar-refractivity contribution in [2.24, 2.45) is 0 Å². The predicted octanol–water partition coefficient (Wildman–Crippen LogP) is 3.41. The number of nitrogens with one attached hydrogen (secondary N) is 1. The van der Waals surface area contributed by atoms with Crippen molar-refractivity contribution in [3.63, 3.8) is 0 Å². The van der Waals surface area contributed by atoms with Crippen molar-refractivity contribution < 1.29 is 8.78 Å². The summed E-state index contributed by atoms with van der Waals surface area (Å²) in [5.74, 6) is -1.13. The van der Waals surface area contributed by atoms with Crippen molar-refractivity contribution in [1.82, 2.24) is 4.98 Å². The molecular formula is C12H10F2N2. The minimum Gasteiger partial charge on any atom is -0.340 e. The van der Waals surface area contributed by atoms with Crippen molar-refractivity contribution in [2.45, 2.75) is 6.92 Å². The molecule has 0 fully saturated rings. The molecule has 1 N–H and O–H groups in total. The van der Waals surface area contributed by atoms with Crippen LogP contribution in [0.15, 0.2) is 36.5 Å². The van der Waals surface area contributed by atoms with E-state index in [4.69, 9.17) is 0 Å². The summed E-state index contributed by atoms with van der Waals surface area (Å²) in [6.07, 6.45) is 1.65. The van der Waals surface area contributed by atoms with Crippen molar-refractivity contribution in [3.8, 4) is 0 Å². The molecule has 1 aromatic carbocycles. The SMILES string of the molecule is Cc1ccnc(Nc2ccc(F)c(F)c2)c1. The van der Waals surface area contributed by atoms with Gasteiger partial charge in [-0.3, -0.25) is 0 Å². The molecule has 16 heavy (non-hydrogen) atoms. The first-order valence-electron chi connectivity index (χ1n) is 4.80. The molecule has 1 aromatic heterocycles. The highest BCUT2D eigenvalue weighted by Crippen LogP contribution is 2.17. The van der Waals surface area contributed by atoms with Gasteiger partial charge in [0.1, 0.15) is 5.82 Å². The summed E-state index contributed by atoms with van der Waals surface area (Å²) in [5.41, 5.74) is 1.51. The average Bonchev–Trinajstić information content (AvgIpc) is 2.24. The Morgan fingerprint density at radius 3 is 2.56 bits per heavy atom. The average molecular weight is 220 g/mol. The Bertz CT molecular complexity index is 512. The van der Waals surface area contributed by atoms with Crippen LogP contribution in [0.2, 0.25) is 0 Å². The topological polar surface area (TPSA) is 24.9 Å². The number of benzene rings is 1. The smallest absolute Gasteiger partial charge is 0.160 e. The zero-order valence-corrected chi connectivity index (χ0v) is 8.67. The van der Waals surface area contributed by atoms with Crippen LogP contribution in [0.4, 0.5) is 20.3 Å². The molecule has 2 rings (SSSR count). The molecule has 0 bridgehead atoms. The molecule has 2 nitrogen and oxygen atoms in total. The van der Waals surface area contributed by atoms with Crippen LogP contribution in [0.25, 0.3) is 0 Å². The van der Waals surface area contributed by atoms with E-state index in [1.807, 2.05) is 19.1 Å². The van der Waals surface area contributed by atoms with Crippen LogP contribution in [0, 0.1) is 18.6 Å². The van der Waals surface area contributed by atoms with Gasteiger partial charge in [-0.25, -0.2) is 13.8 Å². The Hall–Kier alpha value is -1.97. The summed E-state index contributed by atoms with van der Waals surface area (Å²) in [7, 11) is 0. The maximum absolute atomic E-state index is 12.9. The van der Waals surface area contributed by atoms with Gasteiger partial charge in [-0.2, -0.15) is 0 Å². The fourth-order valence-corrected chi connectivity index (χ4v) is 1.33. The number of aryl methyl sites for hydroxylation is 1. The lowest BCUT2D eigenvalue weighted by Gasteiger charge is -2.06. The number of pyridine rings is 1. The van der Waals surface area contributed by atoms with Crippen LogP contribution >= 0.6 is 0 Å². The predicted molar refractivity (Wildman–Crippen MR) is 58.6 cm³/mol. The molecule has 0 amide bonds. The molecule has 0 aliphatic rings. The fourth-order valence-electron chi connectivity index (χ4n) is 1.33. The van der Waals surface area contributed by atoms with Crippen LogP contribution < -0.4 is 5.32 Å². The Morgan fingerprint density at radius 2 is 1.88 bits per heavy atom. The number of aromatic nitrogens is 1. The van der Waals surface area contributed by atoms with E-state index in [2.05, 4.69) is 10.3 Å². The van der Waals surface area contributed by atoms with Crippen LogP contribution in [0.5, 0.6) is 0 Å². The quantitative estimate of drug-likeness (QED) is 0.838. The maximum atomic E-state index is 12.9. The van der Waals surface area contributed by atoms with E-state index >= 15 is 0 Å². The monoisotopic (exact) mass is 220 g/mol. The van der Waals surface area contributed by atoms with Gasteiger partial charge in [-0.15, -0.1) is 0 Å². The van der Waals surface area contributed by atoms with E-state index in [1.165, 1.54) is 6.07 Å². The molecule has 2 aromatic rings. The number of halogens is 2. The summed E-state index contributed by atoms with van der Waals surface area (Å²) >= 11 is 0. The molecule has 4 heteroatoms. The Kier molecular flexibility index (Phi) is 2.81. The van der Waals surface area contributed by atoms with Crippen LogP contribution in [-0.2, 0) is 0 Å². The van der Waals surface area contributed by atoms with E-state index in [-0.39, 0.29) is 0 Å². The van der Waals surface area contributed by atoms with Gasteiger partial charge >= 0.3 is 0 Å². The van der Waals surface area contributed by atoms with Crippen molar-refractivity contribution in [2.75, 3.05) is 5.32 Å². The van der Waals surface area contributed by atoms with Gasteiger partial charge in [0.25, 0.3) is 0 Å². The number of hydrogen-bond acceptors (Lipinski definition) is 2. The second kappa shape index (κ2) is 4.26. The van der Waals surface area contributed by atoms with E-state index in [0.29, 0.717) is 11.5 Å². The normalized spacial score (nSPS) is 10.2. The maximum Gasteiger partial charge on any atom is 0.160 e. The van der Waals surface area contributed by atoms with Gasteiger partial charge < -0.3 is 5.32 Å².